The van der Waals surface area contributed by atoms with Gasteiger partial charge in [-0.1, -0.05) is 19.0 Å². The number of aliphatic hydroxyl groups is 2. The van der Waals surface area contributed by atoms with Gasteiger partial charge in [-0.15, -0.1) is 0 Å². The molecule has 0 aliphatic carbocycles. The minimum atomic E-state index is -1.06. The third-order valence-corrected chi connectivity index (χ3v) is 5.85. The average molecular weight is 480 g/mol. The summed E-state index contributed by atoms with van der Waals surface area (Å²) >= 11 is 0. The van der Waals surface area contributed by atoms with Crippen LogP contribution in [-0.2, 0) is 0 Å². The number of nitrogens with one attached hydrogen (secondary N) is 1. The number of nitrogens with zero attached hydrogens (tertiary/aromatic N) is 4. The first kappa shape index (κ1) is 25.9. The molecule has 188 valence electrons. The van der Waals surface area contributed by atoms with Crippen molar-refractivity contribution in [2.24, 2.45) is 0 Å². The van der Waals surface area contributed by atoms with Crippen LogP contribution in [-0.4, -0.2) is 89.2 Å². The minimum absolute atomic E-state index is 0.0845. The van der Waals surface area contributed by atoms with Crippen LogP contribution in [0.2, 0.25) is 0 Å². The number of piperazine rings is 1. The van der Waals surface area contributed by atoms with Gasteiger partial charge in [0.25, 0.3) is 5.91 Å². The van der Waals surface area contributed by atoms with Crippen molar-refractivity contribution in [3.8, 4) is 5.75 Å². The number of halogens is 1. The van der Waals surface area contributed by atoms with E-state index in [2.05, 4.69) is 32.2 Å². The van der Waals surface area contributed by atoms with Gasteiger partial charge in [0.05, 0.1) is 19.3 Å². The summed E-state index contributed by atoms with van der Waals surface area (Å²) in [7, 11) is 0. The lowest BCUT2D eigenvalue weighted by Crippen LogP contribution is -2.50. The Morgan fingerprint density at radius 2 is 2.00 bits per heavy atom. The number of amides is 1. The first-order chi connectivity index (χ1) is 16.3. The standard InChI is InChI=1S/C23H34FN5O5/c1-15(2)21-26-23(34-27-21)29-9-7-28(8-10-29)16(3)6-11-33-20-5-4-17(12-19(20)24)22(32)25-13-18(31)14-30/h4-5,12,15-16,18,30-31H,6-11,13-14H2,1-3H3,(H,25,32)/t16?,18-/m1/s1. The summed E-state index contributed by atoms with van der Waals surface area (Å²) in [4.78, 5) is 20.9. The zero-order chi connectivity index (χ0) is 24.7. The molecule has 2 heterocycles. The number of aliphatic hydroxyl groups excluding tert-OH is 2. The van der Waals surface area contributed by atoms with Crippen LogP contribution < -0.4 is 15.0 Å². The lowest BCUT2D eigenvalue weighted by Gasteiger charge is -2.37. The van der Waals surface area contributed by atoms with Crippen molar-refractivity contribution in [1.82, 2.24) is 20.4 Å². The fourth-order valence-corrected chi connectivity index (χ4v) is 3.60. The van der Waals surface area contributed by atoms with Crippen LogP contribution in [0, 0.1) is 5.82 Å². The highest BCUT2D eigenvalue weighted by atomic mass is 19.1. The van der Waals surface area contributed by atoms with E-state index in [4.69, 9.17) is 14.4 Å². The van der Waals surface area contributed by atoms with Crippen molar-refractivity contribution in [2.45, 2.75) is 45.3 Å². The summed E-state index contributed by atoms with van der Waals surface area (Å²) in [5.74, 6) is -0.142. The quantitative estimate of drug-likeness (QED) is 0.439. The number of rotatable bonds is 11. The largest absolute Gasteiger partial charge is 0.490 e. The molecule has 1 aliphatic rings. The molecule has 34 heavy (non-hydrogen) atoms. The molecule has 1 amide bonds. The summed E-state index contributed by atoms with van der Waals surface area (Å²) in [6, 6.07) is 4.80. The van der Waals surface area contributed by atoms with E-state index in [1.54, 1.807) is 0 Å². The van der Waals surface area contributed by atoms with Gasteiger partial charge >= 0.3 is 6.01 Å². The smallest absolute Gasteiger partial charge is 0.324 e. The van der Waals surface area contributed by atoms with E-state index >= 15 is 0 Å². The highest BCUT2D eigenvalue weighted by Gasteiger charge is 2.25. The maximum atomic E-state index is 14.4. The van der Waals surface area contributed by atoms with Gasteiger partial charge in [0.1, 0.15) is 0 Å². The van der Waals surface area contributed by atoms with Gasteiger partial charge in [-0.05, 0) is 31.5 Å². The molecular formula is C23H34FN5O5. The van der Waals surface area contributed by atoms with E-state index < -0.39 is 24.4 Å². The van der Waals surface area contributed by atoms with Crippen molar-refractivity contribution in [3.63, 3.8) is 0 Å². The van der Waals surface area contributed by atoms with E-state index in [1.807, 2.05) is 13.8 Å². The van der Waals surface area contributed by atoms with Crippen LogP contribution in [0.5, 0.6) is 5.75 Å². The molecule has 1 aliphatic heterocycles. The molecule has 0 saturated carbocycles. The van der Waals surface area contributed by atoms with Gasteiger partial charge in [-0.25, -0.2) is 4.39 Å². The summed E-state index contributed by atoms with van der Waals surface area (Å²) in [5.41, 5.74) is 0.114. The molecule has 3 N–H and O–H groups in total. The molecular weight excluding hydrogens is 445 g/mol. The van der Waals surface area contributed by atoms with E-state index in [9.17, 15) is 14.3 Å². The molecule has 3 rings (SSSR count). The summed E-state index contributed by atoms with van der Waals surface area (Å²) in [6.07, 6.45) is -0.336. The fourth-order valence-electron chi connectivity index (χ4n) is 3.60. The van der Waals surface area contributed by atoms with Gasteiger partial charge in [0.2, 0.25) is 0 Å². The Bertz CT molecular complexity index is 932. The molecule has 1 aromatic heterocycles. The molecule has 1 unspecified atom stereocenters. The number of carbonyl (C=O) groups excluding carboxylic acids is 1. The van der Waals surface area contributed by atoms with Crippen molar-refractivity contribution >= 4 is 11.9 Å². The zero-order valence-electron chi connectivity index (χ0n) is 19.9. The number of hydrogen-bond acceptors (Lipinski definition) is 9. The lowest BCUT2D eigenvalue weighted by molar-refractivity contribution is 0.0801. The third kappa shape index (κ3) is 6.87. The number of aromatic nitrogens is 2. The van der Waals surface area contributed by atoms with Crippen molar-refractivity contribution in [3.05, 3.63) is 35.4 Å². The molecule has 11 heteroatoms. The third-order valence-electron chi connectivity index (χ3n) is 5.85. The molecule has 1 aromatic carbocycles. The highest BCUT2D eigenvalue weighted by molar-refractivity contribution is 5.94. The predicted molar refractivity (Wildman–Crippen MR) is 124 cm³/mol. The van der Waals surface area contributed by atoms with Crippen LogP contribution in [0.3, 0.4) is 0 Å². The van der Waals surface area contributed by atoms with Crippen molar-refractivity contribution in [1.29, 1.82) is 0 Å². The van der Waals surface area contributed by atoms with E-state index in [-0.39, 0.29) is 29.8 Å². The minimum Gasteiger partial charge on any atom is -0.490 e. The highest BCUT2D eigenvalue weighted by Crippen LogP contribution is 2.21. The predicted octanol–water partition coefficient (Wildman–Crippen LogP) is 1.39. The second kappa shape index (κ2) is 12.1. The van der Waals surface area contributed by atoms with Gasteiger partial charge in [-0.3, -0.25) is 9.69 Å². The van der Waals surface area contributed by atoms with Gasteiger partial charge < -0.3 is 29.7 Å². The SMILES string of the molecule is CC(C)c1noc(N2CCN(C(C)CCOc3ccc(C(=O)NC[C@@H](O)CO)cc3F)CC2)n1. The normalized spacial score (nSPS) is 16.5. The van der Waals surface area contributed by atoms with Crippen molar-refractivity contribution in [2.75, 3.05) is 50.8 Å². The first-order valence-electron chi connectivity index (χ1n) is 11.6. The molecule has 0 bridgehead atoms. The van der Waals surface area contributed by atoms with E-state index in [0.29, 0.717) is 18.4 Å². The average Bonchev–Trinajstić information content (AvgIpc) is 3.34. The maximum absolute atomic E-state index is 14.4. The Morgan fingerprint density at radius 1 is 1.26 bits per heavy atom. The Hall–Kier alpha value is -2.76. The van der Waals surface area contributed by atoms with Gasteiger partial charge in [0, 0.05) is 50.2 Å². The maximum Gasteiger partial charge on any atom is 0.324 e. The molecule has 2 aromatic rings. The lowest BCUT2D eigenvalue weighted by atomic mass is 10.1. The molecule has 0 spiro atoms. The first-order valence-corrected chi connectivity index (χ1v) is 11.6. The van der Waals surface area contributed by atoms with Crippen LogP contribution in [0.25, 0.3) is 0 Å². The van der Waals surface area contributed by atoms with Gasteiger partial charge in [0.15, 0.2) is 17.4 Å². The number of hydrogen-bond donors (Lipinski definition) is 3. The fraction of sp³-hybridized carbons (Fsp3) is 0.609. The monoisotopic (exact) mass is 479 g/mol. The van der Waals surface area contributed by atoms with Crippen LogP contribution in [0.4, 0.5) is 10.4 Å². The van der Waals surface area contributed by atoms with Crippen LogP contribution >= 0.6 is 0 Å². The molecule has 1 fully saturated rings. The van der Waals surface area contributed by atoms with Crippen LogP contribution in [0.1, 0.15) is 49.3 Å². The van der Waals surface area contributed by atoms with Crippen LogP contribution in [0.15, 0.2) is 22.7 Å². The Morgan fingerprint density at radius 3 is 2.62 bits per heavy atom. The summed E-state index contributed by atoms with van der Waals surface area (Å²) in [6.45, 7) is 9.22. The topological polar surface area (TPSA) is 124 Å². The Labute approximate surface area is 198 Å². The second-order valence-electron chi connectivity index (χ2n) is 8.79. The Balaban J connectivity index is 1.41. The molecule has 0 radical (unpaired) electrons. The van der Waals surface area contributed by atoms with Gasteiger partial charge in [-0.2, -0.15) is 4.98 Å². The number of ether oxygens (including phenoxy) is 1. The Kier molecular flexibility index (Phi) is 9.20. The van der Waals surface area contributed by atoms with E-state index in [0.717, 1.165) is 38.7 Å². The number of anilines is 1. The second-order valence-corrected chi connectivity index (χ2v) is 8.79. The molecule has 1 saturated heterocycles. The number of carbonyl (C=O) groups is 1. The summed E-state index contributed by atoms with van der Waals surface area (Å²) < 4.78 is 25.4. The molecule has 10 nitrogen and oxygen atoms in total. The van der Waals surface area contributed by atoms with Crippen molar-refractivity contribution < 1.29 is 28.7 Å². The number of benzene rings is 1. The summed E-state index contributed by atoms with van der Waals surface area (Å²) in [5, 5.41) is 24.5. The van der Waals surface area contributed by atoms with E-state index in [1.165, 1.54) is 12.1 Å². The zero-order valence-corrected chi connectivity index (χ0v) is 19.9. The molecule has 2 atom stereocenters.